The third-order valence-electron chi connectivity index (χ3n) is 3.67. The molecule has 0 aliphatic heterocycles. The second-order valence-corrected chi connectivity index (χ2v) is 8.22. The van der Waals surface area contributed by atoms with Crippen molar-refractivity contribution in [2.75, 3.05) is 0 Å². The standard InChI is InChI=1S/C19H21NO3S/c1-5-14-6-12-17(13-7-14)24(22,23)20-18(21)15-8-10-16(11-9-15)19(2,3)4/h5-13H,1H2,2-4H3,(H,20,21). The van der Waals surface area contributed by atoms with Crippen molar-refractivity contribution in [2.24, 2.45) is 0 Å². The fourth-order valence-electron chi connectivity index (χ4n) is 2.14. The first-order chi connectivity index (χ1) is 11.1. The minimum absolute atomic E-state index is 0.0337. The van der Waals surface area contributed by atoms with E-state index in [-0.39, 0.29) is 10.3 Å². The highest BCUT2D eigenvalue weighted by Crippen LogP contribution is 2.22. The minimum atomic E-state index is -3.91. The number of hydrogen-bond donors (Lipinski definition) is 1. The number of amides is 1. The average molecular weight is 343 g/mol. The summed E-state index contributed by atoms with van der Waals surface area (Å²) in [4.78, 5) is 12.2. The van der Waals surface area contributed by atoms with E-state index in [9.17, 15) is 13.2 Å². The molecule has 4 nitrogen and oxygen atoms in total. The number of sulfonamides is 1. The molecular weight excluding hydrogens is 322 g/mol. The van der Waals surface area contributed by atoms with E-state index < -0.39 is 15.9 Å². The van der Waals surface area contributed by atoms with Gasteiger partial charge in [-0.15, -0.1) is 0 Å². The number of benzene rings is 2. The summed E-state index contributed by atoms with van der Waals surface area (Å²) in [5, 5.41) is 0. The topological polar surface area (TPSA) is 63.2 Å². The summed E-state index contributed by atoms with van der Waals surface area (Å²) in [6.45, 7) is 9.82. The molecule has 2 aromatic carbocycles. The number of carbonyl (C=O) groups is 1. The van der Waals surface area contributed by atoms with Crippen LogP contribution in [-0.2, 0) is 15.4 Å². The average Bonchev–Trinajstić information content (AvgIpc) is 2.54. The molecule has 24 heavy (non-hydrogen) atoms. The molecule has 126 valence electrons. The van der Waals surface area contributed by atoms with Crippen LogP contribution in [-0.4, -0.2) is 14.3 Å². The molecular formula is C19H21NO3S. The molecule has 0 unspecified atom stereocenters. The van der Waals surface area contributed by atoms with Crippen LogP contribution >= 0.6 is 0 Å². The Hall–Kier alpha value is -2.40. The molecule has 2 aromatic rings. The molecule has 0 saturated carbocycles. The molecule has 0 radical (unpaired) electrons. The zero-order valence-corrected chi connectivity index (χ0v) is 14.9. The molecule has 0 heterocycles. The highest BCUT2D eigenvalue weighted by Gasteiger charge is 2.19. The van der Waals surface area contributed by atoms with Crippen LogP contribution in [0.25, 0.3) is 6.08 Å². The molecule has 0 aromatic heterocycles. The van der Waals surface area contributed by atoms with Crippen LogP contribution in [0.15, 0.2) is 60.0 Å². The Morgan fingerprint density at radius 3 is 2.00 bits per heavy atom. The van der Waals surface area contributed by atoms with Gasteiger partial charge in [0.2, 0.25) is 0 Å². The molecule has 0 aliphatic rings. The maximum absolute atomic E-state index is 12.3. The Bertz CT molecular complexity index is 843. The molecule has 2 rings (SSSR count). The van der Waals surface area contributed by atoms with E-state index in [0.717, 1.165) is 11.1 Å². The third kappa shape index (κ3) is 4.11. The Labute approximate surface area is 143 Å². The number of nitrogens with one attached hydrogen (secondary N) is 1. The van der Waals surface area contributed by atoms with E-state index in [4.69, 9.17) is 0 Å². The van der Waals surface area contributed by atoms with Crippen molar-refractivity contribution in [3.8, 4) is 0 Å². The smallest absolute Gasteiger partial charge is 0.264 e. The minimum Gasteiger partial charge on any atom is -0.268 e. The first kappa shape index (κ1) is 17.9. The highest BCUT2D eigenvalue weighted by molar-refractivity contribution is 7.90. The van der Waals surface area contributed by atoms with Gasteiger partial charge in [0, 0.05) is 5.56 Å². The van der Waals surface area contributed by atoms with Gasteiger partial charge < -0.3 is 0 Å². The van der Waals surface area contributed by atoms with Crippen LogP contribution in [0, 0.1) is 0 Å². The van der Waals surface area contributed by atoms with Crippen molar-refractivity contribution in [1.29, 1.82) is 0 Å². The van der Waals surface area contributed by atoms with Crippen molar-refractivity contribution < 1.29 is 13.2 Å². The van der Waals surface area contributed by atoms with Crippen molar-refractivity contribution in [1.82, 2.24) is 4.72 Å². The van der Waals surface area contributed by atoms with Crippen molar-refractivity contribution in [3.05, 3.63) is 71.8 Å². The first-order valence-corrected chi connectivity index (χ1v) is 9.02. The molecule has 0 aliphatic carbocycles. The largest absolute Gasteiger partial charge is 0.268 e. The molecule has 0 fully saturated rings. The Kier molecular flexibility index (Phi) is 4.94. The van der Waals surface area contributed by atoms with Gasteiger partial charge in [0.25, 0.3) is 15.9 Å². The van der Waals surface area contributed by atoms with Gasteiger partial charge in [-0.05, 0) is 40.8 Å². The zero-order chi connectivity index (χ0) is 18.0. The summed E-state index contributed by atoms with van der Waals surface area (Å²) >= 11 is 0. The molecule has 0 spiro atoms. The van der Waals surface area contributed by atoms with E-state index in [1.807, 2.05) is 12.1 Å². The SMILES string of the molecule is C=Cc1ccc(S(=O)(=O)NC(=O)c2ccc(C(C)(C)C)cc2)cc1. The van der Waals surface area contributed by atoms with E-state index in [2.05, 4.69) is 32.1 Å². The Morgan fingerprint density at radius 2 is 1.54 bits per heavy atom. The van der Waals surface area contributed by atoms with Gasteiger partial charge in [0.15, 0.2) is 0 Å². The van der Waals surface area contributed by atoms with Gasteiger partial charge in [0.1, 0.15) is 0 Å². The van der Waals surface area contributed by atoms with Gasteiger partial charge in [-0.25, -0.2) is 13.1 Å². The van der Waals surface area contributed by atoms with Gasteiger partial charge in [-0.3, -0.25) is 4.79 Å². The van der Waals surface area contributed by atoms with E-state index in [0.29, 0.717) is 5.56 Å². The predicted molar refractivity (Wildman–Crippen MR) is 96.3 cm³/mol. The lowest BCUT2D eigenvalue weighted by molar-refractivity contribution is 0.0981. The fraction of sp³-hybridized carbons (Fsp3) is 0.211. The van der Waals surface area contributed by atoms with Crippen molar-refractivity contribution >= 4 is 22.0 Å². The fourth-order valence-corrected chi connectivity index (χ4v) is 3.12. The van der Waals surface area contributed by atoms with Crippen LogP contribution in [0.3, 0.4) is 0 Å². The van der Waals surface area contributed by atoms with Crippen LogP contribution in [0.4, 0.5) is 0 Å². The third-order valence-corrected chi connectivity index (χ3v) is 5.01. The first-order valence-electron chi connectivity index (χ1n) is 7.54. The summed E-state index contributed by atoms with van der Waals surface area (Å²) in [7, 11) is -3.91. The number of carbonyl (C=O) groups excluding carboxylic acids is 1. The Balaban J connectivity index is 2.19. The summed E-state index contributed by atoms with van der Waals surface area (Å²) in [6.07, 6.45) is 1.62. The molecule has 5 heteroatoms. The molecule has 0 atom stereocenters. The normalized spacial score (nSPS) is 11.8. The number of rotatable bonds is 4. The van der Waals surface area contributed by atoms with E-state index in [1.165, 1.54) is 12.1 Å². The van der Waals surface area contributed by atoms with Crippen molar-refractivity contribution in [3.63, 3.8) is 0 Å². The quantitative estimate of drug-likeness (QED) is 0.920. The number of hydrogen-bond acceptors (Lipinski definition) is 3. The summed E-state index contributed by atoms with van der Waals surface area (Å²) in [6, 6.07) is 13.1. The second-order valence-electron chi connectivity index (χ2n) is 6.54. The van der Waals surface area contributed by atoms with E-state index in [1.54, 1.807) is 30.3 Å². The lowest BCUT2D eigenvalue weighted by Gasteiger charge is -2.19. The molecule has 0 saturated heterocycles. The maximum atomic E-state index is 12.3. The van der Waals surface area contributed by atoms with E-state index >= 15 is 0 Å². The second kappa shape index (κ2) is 6.61. The Morgan fingerprint density at radius 1 is 1.00 bits per heavy atom. The van der Waals surface area contributed by atoms with Gasteiger partial charge >= 0.3 is 0 Å². The summed E-state index contributed by atoms with van der Waals surface area (Å²) in [5.41, 5.74) is 2.14. The molecule has 1 N–H and O–H groups in total. The van der Waals surface area contributed by atoms with Gasteiger partial charge in [-0.2, -0.15) is 0 Å². The molecule has 0 bridgehead atoms. The zero-order valence-electron chi connectivity index (χ0n) is 14.0. The molecule has 1 amide bonds. The van der Waals surface area contributed by atoms with Crippen molar-refractivity contribution in [2.45, 2.75) is 31.1 Å². The monoisotopic (exact) mass is 343 g/mol. The summed E-state index contributed by atoms with van der Waals surface area (Å²) < 4.78 is 26.7. The van der Waals surface area contributed by atoms with Crippen LogP contribution < -0.4 is 4.72 Å². The van der Waals surface area contributed by atoms with Crippen LogP contribution in [0.1, 0.15) is 42.3 Å². The summed E-state index contributed by atoms with van der Waals surface area (Å²) in [5.74, 6) is -0.650. The van der Waals surface area contributed by atoms with Crippen LogP contribution in [0.2, 0.25) is 0 Å². The lowest BCUT2D eigenvalue weighted by Crippen LogP contribution is -2.30. The predicted octanol–water partition coefficient (Wildman–Crippen LogP) is 3.75. The van der Waals surface area contributed by atoms with Gasteiger partial charge in [-0.1, -0.05) is 57.7 Å². The maximum Gasteiger partial charge on any atom is 0.264 e. The lowest BCUT2D eigenvalue weighted by atomic mass is 9.87. The van der Waals surface area contributed by atoms with Crippen LogP contribution in [0.5, 0.6) is 0 Å². The van der Waals surface area contributed by atoms with Gasteiger partial charge in [0.05, 0.1) is 4.90 Å². The highest BCUT2D eigenvalue weighted by atomic mass is 32.2.